The number of methoxy groups -OCH3 is 1. The molecule has 1 aliphatic carbocycles. The van der Waals surface area contributed by atoms with Crippen LogP contribution in [0.3, 0.4) is 0 Å². The number of hydrogen-bond acceptors (Lipinski definition) is 7. The maximum atomic E-state index is 12.6. The molecule has 33 heavy (non-hydrogen) atoms. The summed E-state index contributed by atoms with van der Waals surface area (Å²) in [6.45, 7) is 6.93. The molecular weight excluding hydrogens is 426 g/mol. The Hall–Kier alpha value is -2.55. The van der Waals surface area contributed by atoms with Crippen LogP contribution in [-0.2, 0) is 23.7 Å². The van der Waals surface area contributed by atoms with Crippen molar-refractivity contribution in [1.29, 1.82) is 0 Å². The average Bonchev–Trinajstić information content (AvgIpc) is 3.69. The molecule has 2 aliphatic heterocycles. The summed E-state index contributed by atoms with van der Waals surface area (Å²) in [5.74, 6) is -0.509. The van der Waals surface area contributed by atoms with Gasteiger partial charge in [0.25, 0.3) is 5.69 Å². The number of benzene rings is 1. The maximum absolute atomic E-state index is 12.6. The van der Waals surface area contributed by atoms with Crippen LogP contribution < -0.4 is 0 Å². The van der Waals surface area contributed by atoms with Crippen molar-refractivity contribution in [2.75, 3.05) is 13.7 Å². The van der Waals surface area contributed by atoms with Gasteiger partial charge in [-0.2, -0.15) is 0 Å². The largest absolute Gasteiger partial charge is 0.456 e. The first-order chi connectivity index (χ1) is 15.7. The van der Waals surface area contributed by atoms with E-state index in [1.165, 1.54) is 23.8 Å². The second-order valence-electron chi connectivity index (χ2n) is 9.53. The molecule has 0 N–H and O–H groups in total. The van der Waals surface area contributed by atoms with Crippen molar-refractivity contribution in [2.24, 2.45) is 5.92 Å². The number of epoxide rings is 2. The summed E-state index contributed by atoms with van der Waals surface area (Å²) >= 11 is 0. The zero-order valence-corrected chi connectivity index (χ0v) is 19.5. The Morgan fingerprint density at radius 2 is 2.00 bits per heavy atom. The van der Waals surface area contributed by atoms with Gasteiger partial charge in [0.2, 0.25) is 0 Å². The third kappa shape index (κ3) is 4.88. The van der Waals surface area contributed by atoms with E-state index in [0.29, 0.717) is 18.6 Å². The first-order valence-electron chi connectivity index (χ1n) is 11.3. The van der Waals surface area contributed by atoms with E-state index in [4.69, 9.17) is 18.9 Å². The molecule has 2 saturated heterocycles. The molecular formula is C25H31NO7. The van der Waals surface area contributed by atoms with Crippen molar-refractivity contribution in [3.63, 3.8) is 0 Å². The van der Waals surface area contributed by atoms with Gasteiger partial charge in [-0.15, -0.1) is 0 Å². The molecule has 1 spiro atoms. The molecule has 8 heteroatoms. The predicted molar refractivity (Wildman–Crippen MR) is 122 cm³/mol. The normalized spacial score (nSPS) is 34.8. The van der Waals surface area contributed by atoms with Gasteiger partial charge in [0.05, 0.1) is 23.6 Å². The molecule has 3 fully saturated rings. The van der Waals surface area contributed by atoms with Crippen LogP contribution in [-0.4, -0.2) is 54.1 Å². The van der Waals surface area contributed by atoms with E-state index in [-0.39, 0.29) is 35.0 Å². The summed E-state index contributed by atoms with van der Waals surface area (Å²) < 4.78 is 23.8. The van der Waals surface area contributed by atoms with Gasteiger partial charge < -0.3 is 18.9 Å². The number of carbonyl (C=O) groups is 1. The Kier molecular flexibility index (Phi) is 6.44. The summed E-state index contributed by atoms with van der Waals surface area (Å²) in [6.07, 6.45) is 6.73. The van der Waals surface area contributed by atoms with Crippen molar-refractivity contribution < 1.29 is 28.7 Å². The fraction of sp³-hybridized carbons (Fsp3) is 0.560. The molecule has 0 amide bonds. The molecule has 3 aliphatic rings. The zero-order valence-electron chi connectivity index (χ0n) is 19.5. The topological polar surface area (TPSA) is 104 Å². The minimum Gasteiger partial charge on any atom is -0.456 e. The van der Waals surface area contributed by atoms with Gasteiger partial charge >= 0.3 is 5.97 Å². The molecule has 0 bridgehead atoms. The number of carbonyl (C=O) groups excluding carboxylic acids is 1. The van der Waals surface area contributed by atoms with E-state index in [9.17, 15) is 14.9 Å². The smallest absolute Gasteiger partial charge is 0.331 e. The minimum atomic E-state index is -0.477. The Morgan fingerprint density at radius 1 is 1.30 bits per heavy atom. The van der Waals surface area contributed by atoms with Gasteiger partial charge in [-0.05, 0) is 63.8 Å². The standard InChI is InChI=1S/C25H31NO7/c1-16(2)5-11-20-24(3,33-20)23-22(30-4)19(13-14-25(23)15-31-25)32-21(27)12-8-17-6-9-18(10-7-17)26(28)29/h5-10,12,19-20,22-23H,11,13-15H2,1-4H3/b12-8+/t19-,20-,22-,23-,24+,25+/m1/s1. The molecule has 8 nitrogen and oxygen atoms in total. The molecule has 1 saturated carbocycles. The number of rotatable bonds is 8. The van der Waals surface area contributed by atoms with E-state index in [1.807, 2.05) is 0 Å². The lowest BCUT2D eigenvalue weighted by Gasteiger charge is -2.42. The lowest BCUT2D eigenvalue weighted by Crippen LogP contribution is -2.55. The first kappa shape index (κ1) is 23.6. The summed E-state index contributed by atoms with van der Waals surface area (Å²) in [4.78, 5) is 22.9. The summed E-state index contributed by atoms with van der Waals surface area (Å²) in [7, 11) is 1.64. The third-order valence-electron chi connectivity index (χ3n) is 7.02. The highest BCUT2D eigenvalue weighted by atomic mass is 16.6. The molecule has 0 radical (unpaired) electrons. The third-order valence-corrected chi connectivity index (χ3v) is 7.02. The molecule has 4 rings (SSSR count). The lowest BCUT2D eigenvalue weighted by atomic mass is 9.68. The highest BCUT2D eigenvalue weighted by Gasteiger charge is 2.72. The lowest BCUT2D eigenvalue weighted by molar-refractivity contribution is -0.384. The number of nitro groups is 1. The second-order valence-corrected chi connectivity index (χ2v) is 9.53. The average molecular weight is 458 g/mol. The van der Waals surface area contributed by atoms with E-state index >= 15 is 0 Å². The Labute approximate surface area is 193 Å². The maximum Gasteiger partial charge on any atom is 0.331 e. The molecule has 1 aromatic rings. The number of nitrogens with zero attached hydrogens (tertiary/aromatic N) is 1. The van der Waals surface area contributed by atoms with E-state index < -0.39 is 17.0 Å². The van der Waals surface area contributed by atoms with Crippen molar-refractivity contribution in [3.8, 4) is 0 Å². The zero-order chi connectivity index (χ0) is 23.8. The number of esters is 1. The highest BCUT2D eigenvalue weighted by Crippen LogP contribution is 2.59. The number of non-ortho nitro benzene ring substituents is 1. The van der Waals surface area contributed by atoms with Crippen LogP contribution in [0.1, 0.15) is 45.6 Å². The number of nitro benzene ring substituents is 1. The molecule has 6 atom stereocenters. The number of ether oxygens (including phenoxy) is 4. The van der Waals surface area contributed by atoms with Crippen LogP contribution in [0.15, 0.2) is 42.0 Å². The minimum absolute atomic E-state index is 0.000756. The second kappa shape index (κ2) is 9.00. The van der Waals surface area contributed by atoms with Crippen LogP contribution in [0, 0.1) is 16.0 Å². The molecule has 2 heterocycles. The number of hydrogen-bond donors (Lipinski definition) is 0. The van der Waals surface area contributed by atoms with Gasteiger partial charge in [0.1, 0.15) is 23.4 Å². The van der Waals surface area contributed by atoms with Crippen LogP contribution in [0.2, 0.25) is 0 Å². The van der Waals surface area contributed by atoms with Gasteiger partial charge in [-0.25, -0.2) is 4.79 Å². The van der Waals surface area contributed by atoms with Crippen molar-refractivity contribution >= 4 is 17.7 Å². The Morgan fingerprint density at radius 3 is 2.58 bits per heavy atom. The summed E-state index contributed by atoms with van der Waals surface area (Å²) in [5.41, 5.74) is 1.27. The summed E-state index contributed by atoms with van der Waals surface area (Å²) in [5, 5.41) is 10.8. The predicted octanol–water partition coefficient (Wildman–Crippen LogP) is 4.23. The fourth-order valence-electron chi connectivity index (χ4n) is 5.13. The first-order valence-corrected chi connectivity index (χ1v) is 11.3. The van der Waals surface area contributed by atoms with Crippen molar-refractivity contribution in [2.45, 2.75) is 69.5 Å². The SMILES string of the molecule is CO[C@@H]1[C@H](OC(=O)/C=C/c2ccc([N+](=O)[O-])cc2)CC[C@]2(CO2)[C@H]1[C@@]1(C)O[C@@H]1CC=C(C)C. The highest BCUT2D eigenvalue weighted by molar-refractivity contribution is 5.87. The van der Waals surface area contributed by atoms with Crippen molar-refractivity contribution in [1.82, 2.24) is 0 Å². The van der Waals surface area contributed by atoms with E-state index in [0.717, 1.165) is 12.8 Å². The molecule has 0 aromatic heterocycles. The van der Waals surface area contributed by atoms with Crippen LogP contribution in [0.25, 0.3) is 6.08 Å². The molecule has 1 aromatic carbocycles. The monoisotopic (exact) mass is 457 g/mol. The molecule has 178 valence electrons. The van der Waals surface area contributed by atoms with E-state index in [1.54, 1.807) is 25.3 Å². The Bertz CT molecular complexity index is 961. The van der Waals surface area contributed by atoms with Crippen molar-refractivity contribution in [3.05, 3.63) is 57.7 Å². The quantitative estimate of drug-likeness (QED) is 0.144. The van der Waals surface area contributed by atoms with Gasteiger partial charge in [-0.3, -0.25) is 10.1 Å². The van der Waals surface area contributed by atoms with E-state index in [2.05, 4.69) is 26.8 Å². The molecule has 0 unspecified atom stereocenters. The Balaban J connectivity index is 1.43. The van der Waals surface area contributed by atoms with Crippen LogP contribution in [0.4, 0.5) is 5.69 Å². The van der Waals surface area contributed by atoms with Gasteiger partial charge in [-0.1, -0.05) is 11.6 Å². The van der Waals surface area contributed by atoms with Crippen LogP contribution >= 0.6 is 0 Å². The van der Waals surface area contributed by atoms with Gasteiger partial charge in [0, 0.05) is 25.3 Å². The number of allylic oxidation sites excluding steroid dienone is 1. The van der Waals surface area contributed by atoms with Gasteiger partial charge in [0.15, 0.2) is 0 Å². The van der Waals surface area contributed by atoms with Crippen LogP contribution in [0.5, 0.6) is 0 Å². The fourth-order valence-corrected chi connectivity index (χ4v) is 5.13. The summed E-state index contributed by atoms with van der Waals surface area (Å²) in [6, 6.07) is 5.97.